The molecule has 5 heteroatoms. The zero-order chi connectivity index (χ0) is 14.0. The highest BCUT2D eigenvalue weighted by atomic mass is 79.9. The van der Waals surface area contributed by atoms with Crippen molar-refractivity contribution in [3.05, 3.63) is 45.6 Å². The van der Waals surface area contributed by atoms with Gasteiger partial charge in [0.25, 0.3) is 5.91 Å². The maximum Gasteiger partial charge on any atom is 0.258 e. The Hall–Kier alpha value is -1.62. The van der Waals surface area contributed by atoms with Gasteiger partial charge in [-0.2, -0.15) is 5.10 Å². The average Bonchev–Trinajstić information content (AvgIpc) is 2.80. The van der Waals surface area contributed by atoms with Gasteiger partial charge in [0.15, 0.2) is 5.82 Å². The summed E-state index contributed by atoms with van der Waals surface area (Å²) in [6, 6.07) is 7.52. The van der Waals surface area contributed by atoms with E-state index < -0.39 is 0 Å². The molecule has 0 bridgehead atoms. The van der Waals surface area contributed by atoms with Crippen molar-refractivity contribution in [3.63, 3.8) is 0 Å². The molecular weight excluding hydrogens is 306 g/mol. The van der Waals surface area contributed by atoms with E-state index in [1.165, 1.54) is 0 Å². The van der Waals surface area contributed by atoms with Crippen molar-refractivity contribution in [2.45, 2.75) is 26.7 Å². The van der Waals surface area contributed by atoms with E-state index in [9.17, 15) is 4.79 Å². The van der Waals surface area contributed by atoms with Gasteiger partial charge in [0.2, 0.25) is 0 Å². The van der Waals surface area contributed by atoms with Gasteiger partial charge in [-0.1, -0.05) is 25.5 Å². The molecule has 2 aromatic rings. The molecule has 100 valence electrons. The van der Waals surface area contributed by atoms with Gasteiger partial charge in [0, 0.05) is 16.2 Å². The lowest BCUT2D eigenvalue weighted by Crippen LogP contribution is -2.13. The highest BCUT2D eigenvalue weighted by molar-refractivity contribution is 9.10. The van der Waals surface area contributed by atoms with Crippen LogP contribution in [-0.4, -0.2) is 16.1 Å². The third-order valence-electron chi connectivity index (χ3n) is 2.83. The number of carbonyl (C=O) groups excluding carboxylic acids is 1. The third kappa shape index (κ3) is 3.23. The van der Waals surface area contributed by atoms with E-state index in [2.05, 4.69) is 45.3 Å². The quantitative estimate of drug-likeness (QED) is 0.901. The number of hydrogen-bond donors (Lipinski definition) is 2. The van der Waals surface area contributed by atoms with Gasteiger partial charge < -0.3 is 5.32 Å². The molecule has 0 saturated heterocycles. The third-order valence-corrected chi connectivity index (χ3v) is 3.52. The van der Waals surface area contributed by atoms with E-state index in [-0.39, 0.29) is 5.91 Å². The van der Waals surface area contributed by atoms with Crippen LogP contribution in [-0.2, 0) is 0 Å². The predicted octanol–water partition coefficient (Wildman–Crippen LogP) is 3.86. The Labute approximate surface area is 120 Å². The fourth-order valence-corrected chi connectivity index (χ4v) is 2.12. The minimum absolute atomic E-state index is 0.169. The molecule has 1 heterocycles. The lowest BCUT2D eigenvalue weighted by molar-refractivity contribution is 0.102. The van der Waals surface area contributed by atoms with Crippen LogP contribution in [0.5, 0.6) is 0 Å². The lowest BCUT2D eigenvalue weighted by Gasteiger charge is -2.05. The smallest absolute Gasteiger partial charge is 0.258 e. The molecule has 0 aliphatic rings. The first-order chi connectivity index (χ1) is 8.97. The molecule has 1 amide bonds. The van der Waals surface area contributed by atoms with E-state index in [1.807, 2.05) is 31.2 Å². The van der Waals surface area contributed by atoms with Crippen molar-refractivity contribution in [1.29, 1.82) is 0 Å². The highest BCUT2D eigenvalue weighted by Crippen LogP contribution is 2.20. The number of rotatable bonds is 3. The monoisotopic (exact) mass is 321 g/mol. The van der Waals surface area contributed by atoms with Crippen molar-refractivity contribution in [3.8, 4) is 0 Å². The summed E-state index contributed by atoms with van der Waals surface area (Å²) >= 11 is 3.38. The number of aryl methyl sites for hydroxylation is 1. The number of nitrogens with one attached hydrogen (secondary N) is 2. The number of amides is 1. The number of nitrogens with zero attached hydrogens (tertiary/aromatic N) is 1. The average molecular weight is 322 g/mol. The molecule has 2 rings (SSSR count). The van der Waals surface area contributed by atoms with E-state index in [0.29, 0.717) is 17.3 Å². The number of aromatic nitrogens is 2. The van der Waals surface area contributed by atoms with Gasteiger partial charge in [-0.05, 0) is 40.9 Å². The highest BCUT2D eigenvalue weighted by Gasteiger charge is 2.12. The normalized spacial score (nSPS) is 10.8. The Bertz CT molecular complexity index is 604. The molecule has 0 radical (unpaired) electrons. The van der Waals surface area contributed by atoms with Crippen LogP contribution >= 0.6 is 15.9 Å². The molecule has 0 unspecified atom stereocenters. The summed E-state index contributed by atoms with van der Waals surface area (Å²) in [6.07, 6.45) is 0. The van der Waals surface area contributed by atoms with Gasteiger partial charge in [-0.3, -0.25) is 9.89 Å². The SMILES string of the molecule is Cc1ccc(Br)c(C(=O)Nc2cc(C(C)C)[nH]n2)c1. The minimum Gasteiger partial charge on any atom is -0.305 e. The molecule has 2 N–H and O–H groups in total. The molecule has 0 aliphatic heterocycles. The number of halogens is 1. The van der Waals surface area contributed by atoms with Crippen LogP contribution in [0.15, 0.2) is 28.7 Å². The zero-order valence-corrected chi connectivity index (χ0v) is 12.7. The zero-order valence-electron chi connectivity index (χ0n) is 11.1. The van der Waals surface area contributed by atoms with Gasteiger partial charge in [-0.15, -0.1) is 0 Å². The van der Waals surface area contributed by atoms with Gasteiger partial charge in [0.1, 0.15) is 0 Å². The Morgan fingerprint density at radius 1 is 1.37 bits per heavy atom. The molecule has 1 aromatic carbocycles. The maximum atomic E-state index is 12.2. The molecule has 1 aromatic heterocycles. The van der Waals surface area contributed by atoms with Gasteiger partial charge >= 0.3 is 0 Å². The molecule has 4 nitrogen and oxygen atoms in total. The predicted molar refractivity (Wildman–Crippen MR) is 79.5 cm³/mol. The second-order valence-corrected chi connectivity index (χ2v) is 5.65. The van der Waals surface area contributed by atoms with E-state index >= 15 is 0 Å². The Balaban J connectivity index is 2.18. The molecule has 19 heavy (non-hydrogen) atoms. The standard InChI is InChI=1S/C14H16BrN3O/c1-8(2)12-7-13(18-17-12)16-14(19)10-6-9(3)4-5-11(10)15/h4-8H,1-3H3,(H2,16,17,18,19). The second-order valence-electron chi connectivity index (χ2n) is 4.80. The van der Waals surface area contributed by atoms with Gasteiger partial charge in [0.05, 0.1) is 5.56 Å². The number of anilines is 1. The van der Waals surface area contributed by atoms with E-state index in [4.69, 9.17) is 0 Å². The molecule has 0 aliphatic carbocycles. The minimum atomic E-state index is -0.169. The summed E-state index contributed by atoms with van der Waals surface area (Å²) in [7, 11) is 0. The van der Waals surface area contributed by atoms with Crippen LogP contribution in [0.25, 0.3) is 0 Å². The number of benzene rings is 1. The van der Waals surface area contributed by atoms with Crippen molar-refractivity contribution < 1.29 is 4.79 Å². The number of hydrogen-bond acceptors (Lipinski definition) is 2. The Morgan fingerprint density at radius 2 is 2.11 bits per heavy atom. The fraction of sp³-hybridized carbons (Fsp3) is 0.286. The van der Waals surface area contributed by atoms with Crippen LogP contribution in [0, 0.1) is 6.92 Å². The number of carbonyl (C=O) groups is 1. The summed E-state index contributed by atoms with van der Waals surface area (Å²) in [4.78, 5) is 12.2. The summed E-state index contributed by atoms with van der Waals surface area (Å²) in [5.41, 5.74) is 2.64. The first-order valence-corrected chi connectivity index (χ1v) is 6.89. The molecule has 0 fully saturated rings. The summed E-state index contributed by atoms with van der Waals surface area (Å²) < 4.78 is 0.773. The van der Waals surface area contributed by atoms with Gasteiger partial charge in [-0.25, -0.2) is 0 Å². The van der Waals surface area contributed by atoms with Crippen molar-refractivity contribution in [2.24, 2.45) is 0 Å². The van der Waals surface area contributed by atoms with Crippen molar-refractivity contribution in [2.75, 3.05) is 5.32 Å². The summed E-state index contributed by atoms with van der Waals surface area (Å²) in [6.45, 7) is 6.08. The second kappa shape index (κ2) is 5.57. The first-order valence-electron chi connectivity index (χ1n) is 6.10. The topological polar surface area (TPSA) is 57.8 Å². The summed E-state index contributed by atoms with van der Waals surface area (Å²) in [5.74, 6) is 0.725. The van der Waals surface area contributed by atoms with Crippen LogP contribution in [0.1, 0.15) is 41.4 Å². The van der Waals surface area contributed by atoms with Crippen LogP contribution in [0.2, 0.25) is 0 Å². The summed E-state index contributed by atoms with van der Waals surface area (Å²) in [5, 5.41) is 9.78. The lowest BCUT2D eigenvalue weighted by atomic mass is 10.1. The number of aromatic amines is 1. The first kappa shape index (κ1) is 13.8. The van der Waals surface area contributed by atoms with E-state index in [0.717, 1.165) is 15.7 Å². The molecule has 0 spiro atoms. The fourth-order valence-electron chi connectivity index (χ4n) is 1.69. The van der Waals surface area contributed by atoms with Crippen molar-refractivity contribution in [1.82, 2.24) is 10.2 Å². The van der Waals surface area contributed by atoms with E-state index in [1.54, 1.807) is 0 Å². The van der Waals surface area contributed by atoms with Crippen LogP contribution in [0.4, 0.5) is 5.82 Å². The van der Waals surface area contributed by atoms with Crippen LogP contribution < -0.4 is 5.32 Å². The van der Waals surface area contributed by atoms with Crippen molar-refractivity contribution >= 4 is 27.7 Å². The maximum absolute atomic E-state index is 12.2. The number of H-pyrrole nitrogens is 1. The Kier molecular flexibility index (Phi) is 4.04. The van der Waals surface area contributed by atoms with Crippen LogP contribution in [0.3, 0.4) is 0 Å². The molecule has 0 saturated carbocycles. The molecular formula is C14H16BrN3O. The Morgan fingerprint density at radius 3 is 2.74 bits per heavy atom. The largest absolute Gasteiger partial charge is 0.305 e. The molecule has 0 atom stereocenters.